The van der Waals surface area contributed by atoms with Gasteiger partial charge in [0.1, 0.15) is 0 Å². The lowest BCUT2D eigenvalue weighted by molar-refractivity contribution is 0.00120. The van der Waals surface area contributed by atoms with Crippen molar-refractivity contribution in [2.24, 2.45) is 5.92 Å². The number of rotatable bonds is 3. The monoisotopic (exact) mass is 241 g/mol. The molecule has 2 heterocycles. The van der Waals surface area contributed by atoms with E-state index in [2.05, 4.69) is 36.1 Å². The summed E-state index contributed by atoms with van der Waals surface area (Å²) in [6.45, 7) is 8.95. The highest BCUT2D eigenvalue weighted by molar-refractivity contribution is 4.85. The second kappa shape index (κ2) is 6.14. The molecule has 0 bridgehead atoms. The summed E-state index contributed by atoms with van der Waals surface area (Å²) in [7, 11) is 4.30. The highest BCUT2D eigenvalue weighted by Gasteiger charge is 2.29. The molecule has 2 aliphatic heterocycles. The number of nitrogens with one attached hydrogen (secondary N) is 1. The Kier molecular flexibility index (Phi) is 4.79. The molecule has 0 aromatic rings. The minimum absolute atomic E-state index is 0.635. The fourth-order valence-corrected chi connectivity index (χ4v) is 3.11. The van der Waals surface area contributed by atoms with E-state index >= 15 is 0 Å². The quantitative estimate of drug-likeness (QED) is 0.766. The van der Waals surface area contributed by atoms with Gasteiger partial charge in [-0.15, -0.1) is 0 Å². The average molecular weight is 241 g/mol. The molecule has 0 aliphatic carbocycles. The lowest BCUT2D eigenvalue weighted by Gasteiger charge is -2.42. The van der Waals surface area contributed by atoms with Gasteiger partial charge in [0.2, 0.25) is 0 Å². The topological polar surface area (TPSA) is 27.7 Å². The molecule has 1 N–H and O–H groups in total. The van der Waals surface area contributed by atoms with Crippen LogP contribution in [0.25, 0.3) is 0 Å². The zero-order valence-corrected chi connectivity index (χ0v) is 11.5. The van der Waals surface area contributed by atoms with Crippen LogP contribution < -0.4 is 5.32 Å². The van der Waals surface area contributed by atoms with Gasteiger partial charge in [0, 0.05) is 50.8 Å². The van der Waals surface area contributed by atoms with E-state index < -0.39 is 0 Å². The molecule has 2 saturated heterocycles. The van der Waals surface area contributed by atoms with E-state index in [0.29, 0.717) is 18.0 Å². The second-order valence-electron chi connectivity index (χ2n) is 5.63. The van der Waals surface area contributed by atoms with E-state index in [1.54, 1.807) is 0 Å². The molecule has 3 unspecified atom stereocenters. The zero-order chi connectivity index (χ0) is 12.3. The minimum Gasteiger partial charge on any atom is -0.381 e. The van der Waals surface area contributed by atoms with Crippen molar-refractivity contribution in [1.82, 2.24) is 15.1 Å². The highest BCUT2D eigenvalue weighted by Crippen LogP contribution is 2.18. The number of hydrogen-bond donors (Lipinski definition) is 1. The predicted molar refractivity (Wildman–Crippen MR) is 70.3 cm³/mol. The summed E-state index contributed by atoms with van der Waals surface area (Å²) in [5.74, 6) is 0.652. The third kappa shape index (κ3) is 3.41. The van der Waals surface area contributed by atoms with Crippen molar-refractivity contribution < 1.29 is 4.74 Å². The number of nitrogens with zero attached hydrogens (tertiary/aromatic N) is 2. The minimum atomic E-state index is 0.635. The third-order valence-corrected chi connectivity index (χ3v) is 4.28. The van der Waals surface area contributed by atoms with Crippen LogP contribution in [-0.2, 0) is 4.74 Å². The standard InChI is InChI=1S/C13H27N3O/c1-11-8-15(3)5-6-16(11)9-12-10-17-7-4-13(12)14-2/h11-14H,4-10H2,1-3H3. The Morgan fingerprint density at radius 2 is 2.18 bits per heavy atom. The first-order valence-electron chi connectivity index (χ1n) is 6.88. The molecule has 0 radical (unpaired) electrons. The van der Waals surface area contributed by atoms with Crippen LogP contribution in [0.15, 0.2) is 0 Å². The van der Waals surface area contributed by atoms with Crippen molar-refractivity contribution in [2.45, 2.75) is 25.4 Å². The molecule has 4 nitrogen and oxygen atoms in total. The lowest BCUT2D eigenvalue weighted by atomic mass is 9.94. The van der Waals surface area contributed by atoms with Gasteiger partial charge in [0.05, 0.1) is 6.61 Å². The van der Waals surface area contributed by atoms with Gasteiger partial charge in [-0.3, -0.25) is 4.90 Å². The van der Waals surface area contributed by atoms with Crippen LogP contribution in [0.4, 0.5) is 0 Å². The molecular formula is C13H27N3O. The van der Waals surface area contributed by atoms with Gasteiger partial charge in [-0.05, 0) is 27.4 Å². The van der Waals surface area contributed by atoms with Gasteiger partial charge in [0.15, 0.2) is 0 Å². The molecule has 0 aromatic heterocycles. The normalized spacial score (nSPS) is 37.2. The summed E-state index contributed by atoms with van der Waals surface area (Å²) >= 11 is 0. The Bertz CT molecular complexity index is 237. The summed E-state index contributed by atoms with van der Waals surface area (Å²) in [5.41, 5.74) is 0. The number of piperazine rings is 1. The Hall–Kier alpha value is -0.160. The van der Waals surface area contributed by atoms with Gasteiger partial charge in [-0.2, -0.15) is 0 Å². The van der Waals surface area contributed by atoms with E-state index in [4.69, 9.17) is 4.74 Å². The number of hydrogen-bond acceptors (Lipinski definition) is 4. The van der Waals surface area contributed by atoms with E-state index in [0.717, 1.165) is 19.6 Å². The maximum absolute atomic E-state index is 5.63. The molecule has 0 saturated carbocycles. The fourth-order valence-electron chi connectivity index (χ4n) is 3.11. The van der Waals surface area contributed by atoms with Crippen molar-refractivity contribution in [3.8, 4) is 0 Å². The smallest absolute Gasteiger partial charge is 0.0521 e. The van der Waals surface area contributed by atoms with Crippen molar-refractivity contribution in [1.29, 1.82) is 0 Å². The third-order valence-electron chi connectivity index (χ3n) is 4.28. The molecule has 0 amide bonds. The van der Waals surface area contributed by atoms with E-state index in [-0.39, 0.29) is 0 Å². The molecule has 2 fully saturated rings. The molecule has 0 aromatic carbocycles. The van der Waals surface area contributed by atoms with E-state index in [1.165, 1.54) is 26.2 Å². The largest absolute Gasteiger partial charge is 0.381 e. The lowest BCUT2D eigenvalue weighted by Crippen LogP contribution is -2.55. The van der Waals surface area contributed by atoms with Gasteiger partial charge < -0.3 is 15.0 Å². The molecule has 2 aliphatic rings. The van der Waals surface area contributed by atoms with Gasteiger partial charge in [-0.1, -0.05) is 0 Å². The maximum Gasteiger partial charge on any atom is 0.0521 e. The molecule has 4 heteroatoms. The fraction of sp³-hybridized carbons (Fsp3) is 1.00. The van der Waals surface area contributed by atoms with Crippen LogP contribution in [0.3, 0.4) is 0 Å². The van der Waals surface area contributed by atoms with Crippen molar-refractivity contribution >= 4 is 0 Å². The second-order valence-corrected chi connectivity index (χ2v) is 5.63. The summed E-state index contributed by atoms with van der Waals surface area (Å²) in [4.78, 5) is 5.05. The van der Waals surface area contributed by atoms with Crippen LogP contribution >= 0.6 is 0 Å². The Balaban J connectivity index is 1.86. The molecule has 3 atom stereocenters. The van der Waals surface area contributed by atoms with Crippen molar-refractivity contribution in [3.05, 3.63) is 0 Å². The van der Waals surface area contributed by atoms with Gasteiger partial charge in [-0.25, -0.2) is 0 Å². The molecule has 0 spiro atoms. The number of ether oxygens (including phenoxy) is 1. The van der Waals surface area contributed by atoms with Gasteiger partial charge in [0.25, 0.3) is 0 Å². The SMILES string of the molecule is CNC1CCOCC1CN1CCN(C)CC1C. The van der Waals surface area contributed by atoms with E-state index in [1.807, 2.05) is 0 Å². The van der Waals surface area contributed by atoms with Crippen LogP contribution in [-0.4, -0.2) is 75.4 Å². The Morgan fingerprint density at radius 1 is 1.35 bits per heavy atom. The zero-order valence-electron chi connectivity index (χ0n) is 11.5. The van der Waals surface area contributed by atoms with Crippen molar-refractivity contribution in [2.75, 3.05) is 53.5 Å². The highest BCUT2D eigenvalue weighted by atomic mass is 16.5. The van der Waals surface area contributed by atoms with Crippen LogP contribution in [0, 0.1) is 5.92 Å². The van der Waals surface area contributed by atoms with Crippen LogP contribution in [0.2, 0.25) is 0 Å². The Morgan fingerprint density at radius 3 is 2.88 bits per heavy atom. The predicted octanol–water partition coefficient (Wildman–Crippen LogP) is 0.247. The number of likely N-dealkylation sites (N-methyl/N-ethyl adjacent to an activating group) is 1. The summed E-state index contributed by atoms with van der Waals surface area (Å²) in [6.07, 6.45) is 1.16. The van der Waals surface area contributed by atoms with Crippen LogP contribution in [0.1, 0.15) is 13.3 Å². The molecule has 2 rings (SSSR count). The first-order valence-corrected chi connectivity index (χ1v) is 6.88. The average Bonchev–Trinajstić information content (AvgIpc) is 2.33. The van der Waals surface area contributed by atoms with Crippen molar-refractivity contribution in [3.63, 3.8) is 0 Å². The first-order chi connectivity index (χ1) is 8.20. The molecule has 100 valence electrons. The first kappa shape index (κ1) is 13.3. The molecular weight excluding hydrogens is 214 g/mol. The molecule has 17 heavy (non-hydrogen) atoms. The van der Waals surface area contributed by atoms with Crippen LogP contribution in [0.5, 0.6) is 0 Å². The summed E-state index contributed by atoms with van der Waals surface area (Å²) < 4.78 is 5.63. The van der Waals surface area contributed by atoms with Gasteiger partial charge >= 0.3 is 0 Å². The van der Waals surface area contributed by atoms with E-state index in [9.17, 15) is 0 Å². The summed E-state index contributed by atoms with van der Waals surface area (Å²) in [6, 6.07) is 1.31. The summed E-state index contributed by atoms with van der Waals surface area (Å²) in [5, 5.41) is 3.45. The maximum atomic E-state index is 5.63. The Labute approximate surface area is 105 Å².